The van der Waals surface area contributed by atoms with Crippen LogP contribution < -0.4 is 10.6 Å². The molecule has 0 bridgehead atoms. The van der Waals surface area contributed by atoms with Crippen molar-refractivity contribution in [2.24, 2.45) is 0 Å². The van der Waals surface area contributed by atoms with Gasteiger partial charge in [-0.2, -0.15) is 0 Å². The number of rotatable bonds is 10. The van der Waals surface area contributed by atoms with E-state index in [9.17, 15) is 24.5 Å². The molecule has 0 unspecified atom stereocenters. The smallest absolute Gasteiger partial charge is 0.342 e. The average Bonchev–Trinajstić information content (AvgIpc) is 3.52. The first kappa shape index (κ1) is 31.5. The molecule has 0 radical (unpaired) electrons. The number of carbonyl (C=O) groups is 3. The summed E-state index contributed by atoms with van der Waals surface area (Å²) in [4.78, 5) is 54.3. The molecule has 2 atom stereocenters. The summed E-state index contributed by atoms with van der Waals surface area (Å²) in [5, 5.41) is 18.9. The number of hydrogen-bond donors (Lipinski definition) is 2. The minimum absolute atomic E-state index is 0.150. The van der Waals surface area contributed by atoms with Gasteiger partial charge in [0.25, 0.3) is 0 Å². The number of carbonyl (C=O) groups excluding carboxylic acids is 3. The second-order valence-electron chi connectivity index (χ2n) is 10.6. The lowest BCUT2D eigenvalue weighted by atomic mass is 10.00. The van der Waals surface area contributed by atoms with Crippen LogP contribution in [0.15, 0.2) is 96.3 Å². The number of nitro groups is 1. The zero-order valence-electron chi connectivity index (χ0n) is 24.7. The molecule has 0 aromatic heterocycles. The second kappa shape index (κ2) is 14.6. The summed E-state index contributed by atoms with van der Waals surface area (Å²) in [6.07, 6.45) is 9.32. The maximum absolute atomic E-state index is 13.8. The molecule has 1 saturated heterocycles. The SMILES string of the molecule is C#C/C(=C(\C=C/C)NC(=O)N1CCC[C@H]1C(=O)N[C@@H](Cc1ccc2ccccc2c1)C(=O)N(C)Cc1ccccc1)[N+](=O)[O-]. The summed E-state index contributed by atoms with van der Waals surface area (Å²) < 4.78 is 0. The number of fused-ring (bicyclic) bond motifs is 1. The van der Waals surface area contributed by atoms with Crippen molar-refractivity contribution in [3.8, 4) is 12.3 Å². The Labute approximate surface area is 256 Å². The molecule has 4 amide bonds. The van der Waals surface area contributed by atoms with Gasteiger partial charge in [0.1, 0.15) is 17.8 Å². The van der Waals surface area contributed by atoms with Crippen LogP contribution in [0, 0.1) is 22.5 Å². The van der Waals surface area contributed by atoms with Crippen LogP contribution in [-0.4, -0.2) is 58.2 Å². The maximum Gasteiger partial charge on any atom is 0.342 e. The van der Waals surface area contributed by atoms with Crippen molar-refractivity contribution in [3.05, 3.63) is 118 Å². The standard InChI is InChI=1S/C34H35N5O5/c1-4-12-28(30(5-2)39(43)44)36-34(42)38-20-11-17-31(38)32(40)35-29(33(41)37(3)23-24-13-7-6-8-14-24)22-25-18-19-26-15-9-10-16-27(26)21-25/h2,4,6-10,12-16,18-19,21,29,31H,11,17,20,22-23H2,1,3H3,(H,35,40)(H,36,42)/b12-4-,30-28-/t29-,31-/m0/s1. The quantitative estimate of drug-likeness (QED) is 0.156. The van der Waals surface area contributed by atoms with Crippen LogP contribution in [0.4, 0.5) is 4.79 Å². The Morgan fingerprint density at radius 2 is 1.80 bits per heavy atom. The predicted octanol–water partition coefficient (Wildman–Crippen LogP) is 4.40. The van der Waals surface area contributed by atoms with Crippen LogP contribution in [-0.2, 0) is 22.6 Å². The van der Waals surface area contributed by atoms with E-state index in [1.165, 1.54) is 17.1 Å². The Hall–Kier alpha value is -5.43. The van der Waals surface area contributed by atoms with Crippen LogP contribution in [0.25, 0.3) is 10.8 Å². The van der Waals surface area contributed by atoms with Crippen molar-refractivity contribution in [1.82, 2.24) is 20.4 Å². The highest BCUT2D eigenvalue weighted by molar-refractivity contribution is 5.93. The summed E-state index contributed by atoms with van der Waals surface area (Å²) in [7, 11) is 1.69. The normalized spacial score (nSPS) is 15.8. The molecule has 1 heterocycles. The van der Waals surface area contributed by atoms with Crippen LogP contribution in [0.5, 0.6) is 0 Å². The fraction of sp³-hybridized carbons (Fsp3) is 0.265. The van der Waals surface area contributed by atoms with Gasteiger partial charge in [-0.15, -0.1) is 6.42 Å². The third-order valence-electron chi connectivity index (χ3n) is 7.47. The van der Waals surface area contributed by atoms with Crippen LogP contribution in [0.1, 0.15) is 30.9 Å². The molecule has 44 heavy (non-hydrogen) atoms. The van der Waals surface area contributed by atoms with E-state index in [0.717, 1.165) is 21.9 Å². The van der Waals surface area contributed by atoms with Gasteiger partial charge in [0.05, 0.1) is 4.92 Å². The summed E-state index contributed by atoms with van der Waals surface area (Å²) >= 11 is 0. The van der Waals surface area contributed by atoms with Crippen molar-refractivity contribution in [2.45, 2.75) is 44.8 Å². The molecule has 2 N–H and O–H groups in total. The number of nitrogens with one attached hydrogen (secondary N) is 2. The molecule has 0 saturated carbocycles. The Kier molecular flexibility index (Phi) is 10.5. The Balaban J connectivity index is 1.56. The highest BCUT2D eigenvalue weighted by Gasteiger charge is 2.37. The average molecular weight is 594 g/mol. The van der Waals surface area contributed by atoms with E-state index in [2.05, 4.69) is 10.6 Å². The maximum atomic E-state index is 13.8. The van der Waals surface area contributed by atoms with E-state index in [0.29, 0.717) is 19.4 Å². The van der Waals surface area contributed by atoms with Gasteiger partial charge in [-0.05, 0) is 47.7 Å². The lowest BCUT2D eigenvalue weighted by Gasteiger charge is -2.29. The van der Waals surface area contributed by atoms with Crippen molar-refractivity contribution < 1.29 is 19.3 Å². The molecule has 226 valence electrons. The van der Waals surface area contributed by atoms with Gasteiger partial charge in [0.15, 0.2) is 0 Å². The van der Waals surface area contributed by atoms with Gasteiger partial charge in [-0.25, -0.2) is 4.79 Å². The Bertz CT molecular complexity index is 1640. The lowest BCUT2D eigenvalue weighted by Crippen LogP contribution is -2.55. The van der Waals surface area contributed by atoms with Crippen molar-refractivity contribution in [2.75, 3.05) is 13.6 Å². The third kappa shape index (κ3) is 7.69. The summed E-state index contributed by atoms with van der Waals surface area (Å²) in [5.74, 6) is 1.24. The van der Waals surface area contributed by atoms with E-state index in [1.807, 2.05) is 78.7 Å². The molecule has 1 fully saturated rings. The minimum atomic E-state index is -0.899. The van der Waals surface area contributed by atoms with Crippen LogP contribution in [0.2, 0.25) is 0 Å². The number of terminal acetylenes is 1. The number of amides is 4. The monoisotopic (exact) mass is 593 g/mol. The highest BCUT2D eigenvalue weighted by Crippen LogP contribution is 2.21. The fourth-order valence-corrected chi connectivity index (χ4v) is 5.32. The number of likely N-dealkylation sites (tertiary alicyclic amines) is 1. The molecular weight excluding hydrogens is 558 g/mol. The predicted molar refractivity (Wildman–Crippen MR) is 168 cm³/mol. The zero-order valence-corrected chi connectivity index (χ0v) is 24.7. The second-order valence-corrected chi connectivity index (χ2v) is 10.6. The fourth-order valence-electron chi connectivity index (χ4n) is 5.32. The molecule has 0 aliphatic carbocycles. The first-order chi connectivity index (χ1) is 21.2. The summed E-state index contributed by atoms with van der Waals surface area (Å²) in [6.45, 7) is 2.25. The first-order valence-corrected chi connectivity index (χ1v) is 14.3. The van der Waals surface area contributed by atoms with Gasteiger partial charge in [0, 0.05) is 32.5 Å². The number of hydrogen-bond acceptors (Lipinski definition) is 5. The number of likely N-dealkylation sites (N-methyl/N-ethyl adjacent to an activating group) is 1. The zero-order chi connectivity index (χ0) is 31.6. The molecular formula is C34H35N5O5. The number of allylic oxidation sites excluding steroid dienone is 3. The van der Waals surface area contributed by atoms with Crippen LogP contribution in [0.3, 0.4) is 0 Å². The Morgan fingerprint density at radius 3 is 2.48 bits per heavy atom. The highest BCUT2D eigenvalue weighted by atomic mass is 16.6. The molecule has 0 spiro atoms. The van der Waals surface area contributed by atoms with Gasteiger partial charge >= 0.3 is 11.7 Å². The summed E-state index contributed by atoms with van der Waals surface area (Å²) in [6, 6.07) is 20.9. The van der Waals surface area contributed by atoms with Gasteiger partial charge in [-0.3, -0.25) is 19.7 Å². The van der Waals surface area contributed by atoms with Crippen molar-refractivity contribution >= 4 is 28.6 Å². The van der Waals surface area contributed by atoms with Crippen LogP contribution >= 0.6 is 0 Å². The molecule has 1 aliphatic heterocycles. The largest absolute Gasteiger partial charge is 0.342 e. The topological polar surface area (TPSA) is 125 Å². The number of nitrogens with zero attached hydrogens (tertiary/aromatic N) is 3. The third-order valence-corrected chi connectivity index (χ3v) is 7.47. The molecule has 3 aromatic rings. The number of benzene rings is 3. The molecule has 10 heteroatoms. The molecule has 4 rings (SSSR count). The lowest BCUT2D eigenvalue weighted by molar-refractivity contribution is -0.418. The Morgan fingerprint density at radius 1 is 1.09 bits per heavy atom. The van der Waals surface area contributed by atoms with Crippen molar-refractivity contribution in [3.63, 3.8) is 0 Å². The van der Waals surface area contributed by atoms with E-state index in [4.69, 9.17) is 6.42 Å². The van der Waals surface area contributed by atoms with E-state index >= 15 is 0 Å². The van der Waals surface area contributed by atoms with E-state index < -0.39 is 34.6 Å². The summed E-state index contributed by atoms with van der Waals surface area (Å²) in [5.41, 5.74) is 1.07. The molecule has 10 nitrogen and oxygen atoms in total. The first-order valence-electron chi connectivity index (χ1n) is 14.3. The molecule has 1 aliphatic rings. The number of urea groups is 1. The minimum Gasteiger partial charge on any atom is -0.342 e. The van der Waals surface area contributed by atoms with Gasteiger partial charge in [-0.1, -0.05) is 78.9 Å². The van der Waals surface area contributed by atoms with E-state index in [1.54, 1.807) is 18.9 Å². The van der Waals surface area contributed by atoms with E-state index in [-0.39, 0.29) is 24.6 Å². The van der Waals surface area contributed by atoms with Gasteiger partial charge < -0.3 is 20.4 Å². The molecule has 3 aromatic carbocycles. The van der Waals surface area contributed by atoms with Gasteiger partial charge in [0.2, 0.25) is 11.8 Å². The van der Waals surface area contributed by atoms with Crippen molar-refractivity contribution in [1.29, 1.82) is 0 Å².